The normalized spacial score (nSPS) is 22.1. The summed E-state index contributed by atoms with van der Waals surface area (Å²) in [6.07, 6.45) is 7.48. The number of aromatic nitrogens is 4. The Morgan fingerprint density at radius 3 is 2.90 bits per heavy atom. The molecule has 0 bridgehead atoms. The highest BCUT2D eigenvalue weighted by molar-refractivity contribution is 5.96. The first-order valence-corrected chi connectivity index (χ1v) is 10.6. The number of hydrogen-bond donors (Lipinski definition) is 0. The number of amides is 1. The second kappa shape index (κ2) is 8.09. The van der Waals surface area contributed by atoms with E-state index in [2.05, 4.69) is 15.1 Å². The molecule has 1 saturated carbocycles. The van der Waals surface area contributed by atoms with Gasteiger partial charge in [-0.05, 0) is 55.9 Å². The Kier molecular flexibility index (Phi) is 5.13. The van der Waals surface area contributed by atoms with E-state index >= 15 is 0 Å². The van der Waals surface area contributed by atoms with Crippen molar-refractivity contribution in [3.8, 4) is 11.6 Å². The van der Waals surface area contributed by atoms with Gasteiger partial charge in [0.1, 0.15) is 5.82 Å². The van der Waals surface area contributed by atoms with E-state index in [0.717, 1.165) is 24.9 Å². The fourth-order valence-electron chi connectivity index (χ4n) is 4.41. The van der Waals surface area contributed by atoms with Gasteiger partial charge >= 0.3 is 0 Å². The number of piperidine rings is 1. The molecular formula is C23H24FN5O2. The van der Waals surface area contributed by atoms with E-state index in [-0.39, 0.29) is 11.9 Å². The van der Waals surface area contributed by atoms with E-state index < -0.39 is 5.82 Å². The summed E-state index contributed by atoms with van der Waals surface area (Å²) in [5.41, 5.74) is 1.90. The topological polar surface area (TPSA) is 73.1 Å². The number of ether oxygens (including phenoxy) is 1. The molecule has 160 valence electrons. The maximum absolute atomic E-state index is 13.6. The molecule has 2 aliphatic rings. The van der Waals surface area contributed by atoms with Crippen LogP contribution in [0.5, 0.6) is 5.88 Å². The number of hydrogen-bond acceptors (Lipinski definition) is 5. The van der Waals surface area contributed by atoms with Gasteiger partial charge < -0.3 is 9.64 Å². The Bertz CT molecular complexity index is 1070. The van der Waals surface area contributed by atoms with Crippen molar-refractivity contribution in [3.05, 3.63) is 66.1 Å². The lowest BCUT2D eigenvalue weighted by Crippen LogP contribution is -2.46. The molecular weight excluding hydrogens is 397 g/mol. The molecule has 1 aliphatic carbocycles. The average molecular weight is 421 g/mol. The summed E-state index contributed by atoms with van der Waals surface area (Å²) in [6, 6.07) is 8.53. The Labute approximate surface area is 179 Å². The summed E-state index contributed by atoms with van der Waals surface area (Å²) in [6.45, 7) is 3.05. The number of rotatable bonds is 6. The van der Waals surface area contributed by atoms with Gasteiger partial charge in [-0.15, -0.1) is 0 Å². The van der Waals surface area contributed by atoms with E-state index in [0.29, 0.717) is 42.1 Å². The standard InChI is InChI=1S/C23H24FN5O2/c1-15-3-5-20(29-9-2-8-26-29)22(27-15)23(30)28-14-17-11-16(17)12-19(28)7-10-31-21-6-4-18(24)13-25-21/h2-6,8-9,13,16-17,19H,7,10-12,14H2,1H3/t16-,17+,19+/m0/s1. The maximum Gasteiger partial charge on any atom is 0.274 e. The first-order valence-electron chi connectivity index (χ1n) is 10.6. The van der Waals surface area contributed by atoms with Gasteiger partial charge in [0.15, 0.2) is 5.69 Å². The fraction of sp³-hybridized carbons (Fsp3) is 0.391. The molecule has 0 radical (unpaired) electrons. The summed E-state index contributed by atoms with van der Waals surface area (Å²) in [7, 11) is 0. The Morgan fingerprint density at radius 1 is 1.23 bits per heavy atom. The number of carbonyl (C=O) groups excluding carboxylic acids is 1. The van der Waals surface area contributed by atoms with Crippen LogP contribution in [0.25, 0.3) is 5.69 Å². The van der Waals surface area contributed by atoms with E-state index in [1.54, 1.807) is 10.9 Å². The number of likely N-dealkylation sites (tertiary alicyclic amines) is 1. The molecule has 0 unspecified atom stereocenters. The molecule has 3 aromatic rings. The van der Waals surface area contributed by atoms with Gasteiger partial charge in [0.05, 0.1) is 18.5 Å². The minimum atomic E-state index is -0.394. The zero-order valence-corrected chi connectivity index (χ0v) is 17.3. The van der Waals surface area contributed by atoms with E-state index in [9.17, 15) is 9.18 Å². The molecule has 1 amide bonds. The van der Waals surface area contributed by atoms with Crippen LogP contribution in [0.3, 0.4) is 0 Å². The molecule has 3 aromatic heterocycles. The molecule has 7 nitrogen and oxygen atoms in total. The molecule has 1 aliphatic heterocycles. The van der Waals surface area contributed by atoms with E-state index in [1.165, 1.54) is 18.6 Å². The number of halogens is 1. The van der Waals surface area contributed by atoms with Crippen LogP contribution in [0.15, 0.2) is 48.9 Å². The summed E-state index contributed by atoms with van der Waals surface area (Å²) in [4.78, 5) is 24.1. The van der Waals surface area contributed by atoms with Gasteiger partial charge in [-0.2, -0.15) is 5.10 Å². The zero-order chi connectivity index (χ0) is 21.4. The van der Waals surface area contributed by atoms with E-state index in [1.807, 2.05) is 36.2 Å². The lowest BCUT2D eigenvalue weighted by atomic mass is 9.98. The summed E-state index contributed by atoms with van der Waals surface area (Å²) >= 11 is 0. The first-order chi connectivity index (χ1) is 15.1. The van der Waals surface area contributed by atoms with Crippen LogP contribution < -0.4 is 4.74 Å². The van der Waals surface area contributed by atoms with Crippen molar-refractivity contribution in [2.24, 2.45) is 11.8 Å². The highest BCUT2D eigenvalue weighted by Gasteiger charge is 2.47. The lowest BCUT2D eigenvalue weighted by Gasteiger charge is -2.35. The van der Waals surface area contributed by atoms with Crippen LogP contribution in [0.4, 0.5) is 4.39 Å². The second-order valence-electron chi connectivity index (χ2n) is 8.33. The van der Waals surface area contributed by atoms with Crippen molar-refractivity contribution >= 4 is 5.91 Å². The molecule has 4 heterocycles. The SMILES string of the molecule is Cc1ccc(-n2cccn2)c(C(=O)N2C[C@H]3C[C@H]3C[C@H]2CCOc2ccc(F)cn2)n1. The number of fused-ring (bicyclic) bond motifs is 1. The molecule has 3 atom stereocenters. The Morgan fingerprint density at radius 2 is 2.13 bits per heavy atom. The predicted molar refractivity (Wildman–Crippen MR) is 111 cm³/mol. The third kappa shape index (κ3) is 4.15. The first kappa shape index (κ1) is 19.7. The van der Waals surface area contributed by atoms with Crippen molar-refractivity contribution in [1.29, 1.82) is 0 Å². The van der Waals surface area contributed by atoms with Crippen molar-refractivity contribution < 1.29 is 13.9 Å². The van der Waals surface area contributed by atoms with Crippen LogP contribution in [0.1, 0.15) is 35.4 Å². The molecule has 0 spiro atoms. The Balaban J connectivity index is 1.34. The van der Waals surface area contributed by atoms with Crippen molar-refractivity contribution in [2.45, 2.75) is 32.2 Å². The number of carbonyl (C=O) groups is 1. The minimum absolute atomic E-state index is 0.0653. The van der Waals surface area contributed by atoms with Gasteiger partial charge in [0, 0.05) is 43.2 Å². The third-order valence-electron chi connectivity index (χ3n) is 6.14. The van der Waals surface area contributed by atoms with Crippen LogP contribution in [0.2, 0.25) is 0 Å². The van der Waals surface area contributed by atoms with Gasteiger partial charge in [-0.1, -0.05) is 0 Å². The maximum atomic E-state index is 13.6. The molecule has 5 rings (SSSR count). The molecule has 8 heteroatoms. The molecule has 31 heavy (non-hydrogen) atoms. The lowest BCUT2D eigenvalue weighted by molar-refractivity contribution is 0.0559. The van der Waals surface area contributed by atoms with Gasteiger partial charge in [-0.3, -0.25) is 4.79 Å². The molecule has 0 aromatic carbocycles. The third-order valence-corrected chi connectivity index (χ3v) is 6.14. The van der Waals surface area contributed by atoms with Gasteiger partial charge in [0.2, 0.25) is 5.88 Å². The van der Waals surface area contributed by atoms with Crippen molar-refractivity contribution in [2.75, 3.05) is 13.2 Å². The average Bonchev–Trinajstić information content (AvgIpc) is 3.32. The van der Waals surface area contributed by atoms with Crippen molar-refractivity contribution in [1.82, 2.24) is 24.6 Å². The van der Waals surface area contributed by atoms with Crippen LogP contribution in [-0.2, 0) is 0 Å². The Hall–Kier alpha value is -3.29. The monoisotopic (exact) mass is 421 g/mol. The quantitative estimate of drug-likeness (QED) is 0.610. The zero-order valence-electron chi connectivity index (χ0n) is 17.3. The summed E-state index contributed by atoms with van der Waals surface area (Å²) in [5, 5.41) is 4.29. The summed E-state index contributed by atoms with van der Waals surface area (Å²) in [5.74, 6) is 1.20. The van der Waals surface area contributed by atoms with Gasteiger partial charge in [0.25, 0.3) is 5.91 Å². The van der Waals surface area contributed by atoms with Gasteiger partial charge in [-0.25, -0.2) is 19.0 Å². The van der Waals surface area contributed by atoms with Crippen LogP contribution in [-0.4, -0.2) is 49.7 Å². The molecule has 1 saturated heterocycles. The van der Waals surface area contributed by atoms with Crippen LogP contribution >= 0.6 is 0 Å². The smallest absolute Gasteiger partial charge is 0.274 e. The fourth-order valence-corrected chi connectivity index (χ4v) is 4.41. The van der Waals surface area contributed by atoms with Crippen molar-refractivity contribution in [3.63, 3.8) is 0 Å². The number of nitrogens with zero attached hydrogens (tertiary/aromatic N) is 5. The predicted octanol–water partition coefficient (Wildman–Crippen LogP) is 3.43. The number of aryl methyl sites for hydroxylation is 1. The number of pyridine rings is 2. The van der Waals surface area contributed by atoms with Crippen LogP contribution in [0, 0.1) is 24.6 Å². The second-order valence-corrected chi connectivity index (χ2v) is 8.33. The highest BCUT2D eigenvalue weighted by Crippen LogP contribution is 2.48. The summed E-state index contributed by atoms with van der Waals surface area (Å²) < 4.78 is 20.4. The minimum Gasteiger partial charge on any atom is -0.478 e. The highest BCUT2D eigenvalue weighted by atomic mass is 19.1. The largest absolute Gasteiger partial charge is 0.478 e. The van der Waals surface area contributed by atoms with E-state index in [4.69, 9.17) is 4.74 Å². The molecule has 0 N–H and O–H groups in total. The molecule has 2 fully saturated rings.